The zero-order valence-electron chi connectivity index (χ0n) is 11.6. The number of halogens is 3. The van der Waals surface area contributed by atoms with E-state index in [9.17, 15) is 23.3 Å². The number of anilines is 1. The summed E-state index contributed by atoms with van der Waals surface area (Å²) in [4.78, 5) is 14.3. The summed E-state index contributed by atoms with van der Waals surface area (Å²) in [6.07, 6.45) is -4.58. The predicted octanol–water partition coefficient (Wildman–Crippen LogP) is 2.76. The third-order valence-corrected chi connectivity index (χ3v) is 3.66. The fourth-order valence-corrected chi connectivity index (χ4v) is 2.42. The highest BCUT2D eigenvalue weighted by Gasteiger charge is 2.34. The van der Waals surface area contributed by atoms with E-state index in [2.05, 4.69) is 4.90 Å². The van der Waals surface area contributed by atoms with Gasteiger partial charge in [0.2, 0.25) is 0 Å². The first-order valence-electron chi connectivity index (χ1n) is 6.66. The van der Waals surface area contributed by atoms with Gasteiger partial charge in [-0.1, -0.05) is 6.92 Å². The molecule has 0 bridgehead atoms. The molecule has 1 saturated heterocycles. The second kappa shape index (κ2) is 5.88. The lowest BCUT2D eigenvalue weighted by atomic mass is 10.1. The molecular weight excluding hydrogens is 287 g/mol. The minimum absolute atomic E-state index is 0.253. The molecule has 116 valence electrons. The van der Waals surface area contributed by atoms with Crippen molar-refractivity contribution in [3.05, 3.63) is 33.9 Å². The van der Waals surface area contributed by atoms with Gasteiger partial charge in [-0.3, -0.25) is 10.1 Å². The Morgan fingerprint density at radius 3 is 2.33 bits per heavy atom. The summed E-state index contributed by atoms with van der Waals surface area (Å²) < 4.78 is 38.0. The first-order valence-corrected chi connectivity index (χ1v) is 6.66. The summed E-state index contributed by atoms with van der Waals surface area (Å²) >= 11 is 0. The molecular formula is C13H16F3N3O2. The van der Waals surface area contributed by atoms with Crippen LogP contribution in [0, 0.1) is 10.1 Å². The van der Waals surface area contributed by atoms with Gasteiger partial charge in [-0.15, -0.1) is 0 Å². The van der Waals surface area contributed by atoms with Crippen molar-refractivity contribution in [1.29, 1.82) is 0 Å². The lowest BCUT2D eigenvalue weighted by Gasteiger charge is -2.35. The van der Waals surface area contributed by atoms with Crippen LogP contribution >= 0.6 is 0 Å². The van der Waals surface area contributed by atoms with Crippen LogP contribution in [0.5, 0.6) is 0 Å². The van der Waals surface area contributed by atoms with Crippen LogP contribution in [-0.4, -0.2) is 42.5 Å². The van der Waals surface area contributed by atoms with E-state index >= 15 is 0 Å². The van der Waals surface area contributed by atoms with Gasteiger partial charge in [-0.05, 0) is 18.7 Å². The normalized spacial score (nSPS) is 17.0. The molecule has 21 heavy (non-hydrogen) atoms. The van der Waals surface area contributed by atoms with Crippen molar-refractivity contribution in [1.82, 2.24) is 4.90 Å². The van der Waals surface area contributed by atoms with E-state index in [1.165, 1.54) is 6.07 Å². The summed E-state index contributed by atoms with van der Waals surface area (Å²) in [6, 6.07) is 2.71. The van der Waals surface area contributed by atoms with Crippen LogP contribution in [0.2, 0.25) is 0 Å². The Balaban J connectivity index is 2.29. The molecule has 2 rings (SSSR count). The molecule has 0 atom stereocenters. The average molecular weight is 303 g/mol. The Bertz CT molecular complexity index is 526. The molecule has 0 saturated carbocycles. The number of piperazine rings is 1. The summed E-state index contributed by atoms with van der Waals surface area (Å²) in [6.45, 7) is 5.54. The van der Waals surface area contributed by atoms with Gasteiger partial charge < -0.3 is 9.80 Å². The summed E-state index contributed by atoms with van der Waals surface area (Å²) in [5.74, 6) is 0. The average Bonchev–Trinajstić information content (AvgIpc) is 2.45. The van der Waals surface area contributed by atoms with Crippen molar-refractivity contribution in [3.8, 4) is 0 Å². The first kappa shape index (κ1) is 15.6. The summed E-state index contributed by atoms with van der Waals surface area (Å²) in [7, 11) is 0. The maximum absolute atomic E-state index is 12.7. The monoisotopic (exact) mass is 303 g/mol. The Hall–Kier alpha value is -1.83. The van der Waals surface area contributed by atoms with Gasteiger partial charge in [0.1, 0.15) is 5.69 Å². The van der Waals surface area contributed by atoms with Gasteiger partial charge in [0.05, 0.1) is 10.5 Å². The third-order valence-electron chi connectivity index (χ3n) is 3.66. The van der Waals surface area contributed by atoms with Crippen LogP contribution < -0.4 is 4.90 Å². The predicted molar refractivity (Wildman–Crippen MR) is 72.4 cm³/mol. The van der Waals surface area contributed by atoms with Gasteiger partial charge in [0.15, 0.2) is 0 Å². The van der Waals surface area contributed by atoms with E-state index in [-0.39, 0.29) is 5.69 Å². The van der Waals surface area contributed by atoms with Gasteiger partial charge in [-0.25, -0.2) is 0 Å². The number of likely N-dealkylation sites (N-methyl/N-ethyl adjacent to an activating group) is 1. The maximum atomic E-state index is 12.7. The van der Waals surface area contributed by atoms with Crippen LogP contribution in [-0.2, 0) is 6.18 Å². The maximum Gasteiger partial charge on any atom is 0.416 e. The van der Waals surface area contributed by atoms with E-state index in [4.69, 9.17) is 0 Å². The van der Waals surface area contributed by atoms with E-state index < -0.39 is 22.4 Å². The topological polar surface area (TPSA) is 49.6 Å². The van der Waals surface area contributed by atoms with Gasteiger partial charge in [0.25, 0.3) is 5.69 Å². The molecule has 5 nitrogen and oxygen atoms in total. The molecule has 0 N–H and O–H groups in total. The van der Waals surface area contributed by atoms with E-state index in [0.717, 1.165) is 25.7 Å². The van der Waals surface area contributed by atoms with Crippen LogP contribution in [0.4, 0.5) is 24.5 Å². The van der Waals surface area contributed by atoms with Crippen LogP contribution in [0.25, 0.3) is 0 Å². The Labute approximate surface area is 120 Å². The Morgan fingerprint density at radius 2 is 1.86 bits per heavy atom. The molecule has 0 unspecified atom stereocenters. The highest BCUT2D eigenvalue weighted by atomic mass is 19.4. The van der Waals surface area contributed by atoms with E-state index in [1.807, 2.05) is 6.92 Å². The number of benzene rings is 1. The van der Waals surface area contributed by atoms with Crippen molar-refractivity contribution in [2.45, 2.75) is 13.1 Å². The molecule has 8 heteroatoms. The quantitative estimate of drug-likeness (QED) is 0.636. The van der Waals surface area contributed by atoms with Crippen molar-refractivity contribution in [2.24, 2.45) is 0 Å². The minimum Gasteiger partial charge on any atom is -0.363 e. The van der Waals surface area contributed by atoms with Gasteiger partial charge >= 0.3 is 6.18 Å². The lowest BCUT2D eigenvalue weighted by molar-refractivity contribution is -0.384. The Morgan fingerprint density at radius 1 is 1.24 bits per heavy atom. The summed E-state index contributed by atoms with van der Waals surface area (Å²) in [5.41, 5.74) is -1.23. The van der Waals surface area contributed by atoms with E-state index in [0.29, 0.717) is 19.2 Å². The summed E-state index contributed by atoms with van der Waals surface area (Å²) in [5, 5.41) is 11.1. The molecule has 0 radical (unpaired) electrons. The molecule has 1 aliphatic rings. The molecule has 1 aromatic rings. The highest BCUT2D eigenvalue weighted by Crippen LogP contribution is 2.36. The second-order valence-electron chi connectivity index (χ2n) is 4.88. The van der Waals surface area contributed by atoms with Crippen molar-refractivity contribution in [3.63, 3.8) is 0 Å². The number of nitro groups is 1. The third kappa shape index (κ3) is 3.44. The molecule has 0 spiro atoms. The first-order chi connectivity index (χ1) is 9.82. The molecule has 1 aromatic carbocycles. The molecule has 1 fully saturated rings. The molecule has 0 aliphatic carbocycles. The number of alkyl halides is 3. The molecule has 0 amide bonds. The van der Waals surface area contributed by atoms with E-state index in [1.54, 1.807) is 4.90 Å². The van der Waals surface area contributed by atoms with Crippen LogP contribution in [0.15, 0.2) is 18.2 Å². The van der Waals surface area contributed by atoms with Crippen molar-refractivity contribution < 1.29 is 18.1 Å². The van der Waals surface area contributed by atoms with Crippen molar-refractivity contribution in [2.75, 3.05) is 37.6 Å². The number of hydrogen-bond donors (Lipinski definition) is 0. The lowest BCUT2D eigenvalue weighted by Crippen LogP contribution is -2.46. The number of nitrogens with zero attached hydrogens (tertiary/aromatic N) is 3. The standard InChI is InChI=1S/C13H16F3N3O2/c1-2-17-5-7-18(8-6-17)11-4-3-10(13(14,15)16)9-12(11)19(20)21/h3-4,9H,2,5-8H2,1H3. The molecule has 1 aliphatic heterocycles. The van der Waals surface area contributed by atoms with Gasteiger partial charge in [0, 0.05) is 32.2 Å². The largest absolute Gasteiger partial charge is 0.416 e. The smallest absolute Gasteiger partial charge is 0.363 e. The van der Waals surface area contributed by atoms with Gasteiger partial charge in [-0.2, -0.15) is 13.2 Å². The fourth-order valence-electron chi connectivity index (χ4n) is 2.42. The van der Waals surface area contributed by atoms with Crippen LogP contribution in [0.1, 0.15) is 12.5 Å². The fraction of sp³-hybridized carbons (Fsp3) is 0.538. The molecule has 1 heterocycles. The number of nitro benzene ring substituents is 1. The second-order valence-corrected chi connectivity index (χ2v) is 4.88. The number of hydrogen-bond acceptors (Lipinski definition) is 4. The minimum atomic E-state index is -4.58. The Kier molecular flexibility index (Phi) is 4.36. The van der Waals surface area contributed by atoms with Crippen molar-refractivity contribution >= 4 is 11.4 Å². The number of rotatable bonds is 3. The van der Waals surface area contributed by atoms with Crippen LogP contribution in [0.3, 0.4) is 0 Å². The highest BCUT2D eigenvalue weighted by molar-refractivity contribution is 5.65. The SMILES string of the molecule is CCN1CCN(c2ccc(C(F)(F)F)cc2[N+](=O)[O-])CC1. The zero-order valence-corrected chi connectivity index (χ0v) is 11.6. The zero-order chi connectivity index (χ0) is 15.6. The molecule has 0 aromatic heterocycles.